The molecule has 0 spiro atoms. The molecule has 6 heteroatoms. The van der Waals surface area contributed by atoms with Crippen molar-refractivity contribution in [3.8, 4) is 11.5 Å². The van der Waals surface area contributed by atoms with Gasteiger partial charge in [0.15, 0.2) is 11.5 Å². The van der Waals surface area contributed by atoms with Crippen LogP contribution in [0.5, 0.6) is 11.5 Å². The third-order valence-corrected chi connectivity index (χ3v) is 3.82. The van der Waals surface area contributed by atoms with Crippen LogP contribution in [0.2, 0.25) is 0 Å². The molecule has 0 saturated heterocycles. The van der Waals surface area contributed by atoms with Gasteiger partial charge >= 0.3 is 0 Å². The van der Waals surface area contributed by atoms with E-state index in [1.807, 2.05) is 13.8 Å². The zero-order valence-corrected chi connectivity index (χ0v) is 12.6. The number of aromatic nitrogens is 1. The second-order valence-electron chi connectivity index (χ2n) is 4.17. The van der Waals surface area contributed by atoms with Crippen LogP contribution in [0.25, 0.3) is 0 Å². The molecule has 0 fully saturated rings. The highest BCUT2D eigenvalue weighted by Gasteiger charge is 2.14. The number of rotatable bonds is 4. The normalized spacial score (nSPS) is 10.2. The lowest BCUT2D eigenvalue weighted by Gasteiger charge is -2.10. The molecule has 0 radical (unpaired) electrons. The van der Waals surface area contributed by atoms with E-state index < -0.39 is 0 Å². The summed E-state index contributed by atoms with van der Waals surface area (Å²) in [6, 6.07) is 5.24. The van der Waals surface area contributed by atoms with E-state index in [1.165, 1.54) is 11.3 Å². The number of carbonyl (C=O) groups is 1. The van der Waals surface area contributed by atoms with E-state index in [1.54, 1.807) is 32.4 Å². The number of hydrogen-bond acceptors (Lipinski definition) is 5. The fourth-order valence-corrected chi connectivity index (χ4v) is 2.66. The average molecular weight is 292 g/mol. The number of hydrogen-bond donors (Lipinski definition) is 1. The van der Waals surface area contributed by atoms with Crippen molar-refractivity contribution in [1.82, 2.24) is 4.98 Å². The Kier molecular flexibility index (Phi) is 4.24. The Morgan fingerprint density at radius 2 is 1.90 bits per heavy atom. The van der Waals surface area contributed by atoms with Crippen LogP contribution in [-0.2, 0) is 0 Å². The number of thiazole rings is 1. The highest BCUT2D eigenvalue weighted by Crippen LogP contribution is 2.30. The second-order valence-corrected chi connectivity index (χ2v) is 5.37. The highest BCUT2D eigenvalue weighted by molar-refractivity contribution is 7.13. The minimum Gasteiger partial charge on any atom is -0.493 e. The fraction of sp³-hybridized carbons (Fsp3) is 0.286. The zero-order chi connectivity index (χ0) is 14.7. The number of carbonyl (C=O) groups excluding carboxylic acids is 1. The number of nitrogens with one attached hydrogen (secondary N) is 1. The average Bonchev–Trinajstić information content (AvgIpc) is 2.77. The van der Waals surface area contributed by atoms with Crippen LogP contribution in [-0.4, -0.2) is 25.1 Å². The van der Waals surface area contributed by atoms with Gasteiger partial charge in [-0.05, 0) is 26.0 Å². The van der Waals surface area contributed by atoms with Gasteiger partial charge in [-0.15, -0.1) is 11.3 Å². The van der Waals surface area contributed by atoms with Crippen LogP contribution in [0, 0.1) is 13.8 Å². The maximum atomic E-state index is 12.2. The molecule has 2 aromatic rings. The Balaban J connectivity index is 2.22. The van der Waals surface area contributed by atoms with Crippen molar-refractivity contribution in [3.05, 3.63) is 33.8 Å². The van der Waals surface area contributed by atoms with E-state index in [-0.39, 0.29) is 5.91 Å². The van der Waals surface area contributed by atoms with Gasteiger partial charge in [-0.2, -0.15) is 0 Å². The predicted octanol–water partition coefficient (Wildman–Crippen LogP) is 3.03. The maximum Gasteiger partial charge on any atom is 0.267 e. The molecule has 1 aromatic heterocycles. The fourth-order valence-electron chi connectivity index (χ4n) is 1.84. The Morgan fingerprint density at radius 3 is 2.45 bits per heavy atom. The molecule has 0 atom stereocenters. The van der Waals surface area contributed by atoms with E-state index >= 15 is 0 Å². The monoisotopic (exact) mass is 292 g/mol. The van der Waals surface area contributed by atoms with E-state index in [0.717, 1.165) is 10.7 Å². The molecule has 5 nitrogen and oxygen atoms in total. The first kappa shape index (κ1) is 14.3. The molecule has 0 aliphatic carbocycles. The van der Waals surface area contributed by atoms with Gasteiger partial charge in [0, 0.05) is 11.8 Å². The summed E-state index contributed by atoms with van der Waals surface area (Å²) >= 11 is 1.38. The van der Waals surface area contributed by atoms with Gasteiger partial charge in [-0.1, -0.05) is 0 Å². The summed E-state index contributed by atoms with van der Waals surface area (Å²) in [6.07, 6.45) is 0. The standard InChI is InChI=1S/C14H16N2O3S/c1-8-13(20-9(2)15-8)14(17)16-10-5-6-11(18-3)12(7-10)19-4/h5-7H,1-4H3,(H,16,17). The second kappa shape index (κ2) is 5.92. The van der Waals surface area contributed by atoms with Gasteiger partial charge in [0.2, 0.25) is 0 Å². The van der Waals surface area contributed by atoms with Crippen LogP contribution >= 0.6 is 11.3 Å². The van der Waals surface area contributed by atoms with Gasteiger partial charge < -0.3 is 14.8 Å². The van der Waals surface area contributed by atoms with Crippen LogP contribution in [0.4, 0.5) is 5.69 Å². The molecule has 0 saturated carbocycles. The molecule has 0 aliphatic rings. The molecule has 1 N–H and O–H groups in total. The summed E-state index contributed by atoms with van der Waals surface area (Å²) < 4.78 is 10.4. The van der Waals surface area contributed by atoms with Crippen molar-refractivity contribution in [2.75, 3.05) is 19.5 Å². The van der Waals surface area contributed by atoms with Gasteiger partial charge in [0.1, 0.15) is 4.88 Å². The predicted molar refractivity (Wildman–Crippen MR) is 79.1 cm³/mol. The third kappa shape index (κ3) is 2.91. The SMILES string of the molecule is COc1ccc(NC(=O)c2sc(C)nc2C)cc1OC. The van der Waals surface area contributed by atoms with Crippen molar-refractivity contribution in [1.29, 1.82) is 0 Å². The number of benzene rings is 1. The smallest absolute Gasteiger partial charge is 0.267 e. The quantitative estimate of drug-likeness (QED) is 0.941. The van der Waals surface area contributed by atoms with Crippen LogP contribution in [0.3, 0.4) is 0 Å². The lowest BCUT2D eigenvalue weighted by molar-refractivity contribution is 0.103. The minimum absolute atomic E-state index is 0.166. The lowest BCUT2D eigenvalue weighted by atomic mass is 10.2. The first-order valence-electron chi connectivity index (χ1n) is 6.02. The van der Waals surface area contributed by atoms with Crippen molar-refractivity contribution in [2.45, 2.75) is 13.8 Å². The molecule has 0 aliphatic heterocycles. The minimum atomic E-state index is -0.166. The Morgan fingerprint density at radius 1 is 1.20 bits per heavy atom. The summed E-state index contributed by atoms with van der Waals surface area (Å²) in [5.41, 5.74) is 1.39. The molecule has 1 heterocycles. The molecule has 2 rings (SSSR count). The van der Waals surface area contributed by atoms with Crippen LogP contribution in [0.15, 0.2) is 18.2 Å². The highest BCUT2D eigenvalue weighted by atomic mass is 32.1. The lowest BCUT2D eigenvalue weighted by Crippen LogP contribution is -2.11. The van der Waals surface area contributed by atoms with Gasteiger partial charge in [0.25, 0.3) is 5.91 Å². The molecule has 1 aromatic carbocycles. The summed E-state index contributed by atoms with van der Waals surface area (Å²) in [5.74, 6) is 1.03. The number of aryl methyl sites for hydroxylation is 2. The molecular formula is C14H16N2O3S. The molecule has 0 bridgehead atoms. The van der Waals surface area contributed by atoms with Crippen molar-refractivity contribution in [3.63, 3.8) is 0 Å². The summed E-state index contributed by atoms with van der Waals surface area (Å²) in [4.78, 5) is 17.1. The summed E-state index contributed by atoms with van der Waals surface area (Å²) in [7, 11) is 3.12. The van der Waals surface area contributed by atoms with Crippen molar-refractivity contribution >= 4 is 22.9 Å². The van der Waals surface area contributed by atoms with Gasteiger partial charge in [0.05, 0.1) is 24.9 Å². The van der Waals surface area contributed by atoms with E-state index in [2.05, 4.69) is 10.3 Å². The first-order chi connectivity index (χ1) is 9.55. The van der Waals surface area contributed by atoms with E-state index in [9.17, 15) is 4.79 Å². The molecule has 20 heavy (non-hydrogen) atoms. The number of amides is 1. The Bertz CT molecular complexity index is 637. The largest absolute Gasteiger partial charge is 0.493 e. The number of nitrogens with zero attached hydrogens (tertiary/aromatic N) is 1. The summed E-state index contributed by atoms with van der Waals surface area (Å²) in [6.45, 7) is 3.71. The molecule has 1 amide bonds. The van der Waals surface area contributed by atoms with Gasteiger partial charge in [-0.3, -0.25) is 4.79 Å². The summed E-state index contributed by atoms with van der Waals surface area (Å²) in [5, 5.41) is 3.71. The Hall–Kier alpha value is -2.08. The maximum absolute atomic E-state index is 12.2. The van der Waals surface area contributed by atoms with Gasteiger partial charge in [-0.25, -0.2) is 4.98 Å². The van der Waals surface area contributed by atoms with Crippen molar-refractivity contribution < 1.29 is 14.3 Å². The van der Waals surface area contributed by atoms with Crippen molar-refractivity contribution in [2.24, 2.45) is 0 Å². The zero-order valence-electron chi connectivity index (χ0n) is 11.8. The van der Waals surface area contributed by atoms with Crippen LogP contribution < -0.4 is 14.8 Å². The topological polar surface area (TPSA) is 60.5 Å². The van der Waals surface area contributed by atoms with E-state index in [4.69, 9.17) is 9.47 Å². The Labute approximate surface area is 121 Å². The third-order valence-electron chi connectivity index (χ3n) is 2.75. The molecule has 0 unspecified atom stereocenters. The van der Waals surface area contributed by atoms with Crippen LogP contribution in [0.1, 0.15) is 20.4 Å². The molecular weight excluding hydrogens is 276 g/mol. The number of anilines is 1. The van der Waals surface area contributed by atoms with E-state index in [0.29, 0.717) is 22.1 Å². The number of ether oxygens (including phenoxy) is 2. The first-order valence-corrected chi connectivity index (χ1v) is 6.84. The molecule has 106 valence electrons. The number of methoxy groups -OCH3 is 2.